The van der Waals surface area contributed by atoms with Gasteiger partial charge in [-0.2, -0.15) is 0 Å². The van der Waals surface area contributed by atoms with Crippen molar-refractivity contribution in [3.8, 4) is 11.5 Å². The molecular formula is C14H22N2O2. The SMILES string of the molecule is CN(C)CC(CN)Cc1ccc2c(c1)OCCO2. The van der Waals surface area contributed by atoms with E-state index in [1.165, 1.54) is 5.56 Å². The first-order chi connectivity index (χ1) is 8.69. The second-order valence-corrected chi connectivity index (χ2v) is 5.05. The Hall–Kier alpha value is -1.26. The van der Waals surface area contributed by atoms with Crippen LogP contribution in [0.25, 0.3) is 0 Å². The molecule has 2 rings (SSSR count). The maximum atomic E-state index is 5.82. The third-order valence-corrected chi connectivity index (χ3v) is 3.09. The molecule has 2 N–H and O–H groups in total. The summed E-state index contributed by atoms with van der Waals surface area (Å²) in [5, 5.41) is 0. The third-order valence-electron chi connectivity index (χ3n) is 3.09. The predicted molar refractivity (Wildman–Crippen MR) is 72.2 cm³/mol. The smallest absolute Gasteiger partial charge is 0.161 e. The van der Waals surface area contributed by atoms with Gasteiger partial charge < -0.3 is 20.1 Å². The lowest BCUT2D eigenvalue weighted by molar-refractivity contribution is 0.171. The molecule has 0 fully saturated rings. The van der Waals surface area contributed by atoms with Gasteiger partial charge >= 0.3 is 0 Å². The first kappa shape index (κ1) is 13.2. The summed E-state index contributed by atoms with van der Waals surface area (Å²) in [7, 11) is 4.15. The molecule has 1 aromatic rings. The van der Waals surface area contributed by atoms with E-state index in [-0.39, 0.29) is 0 Å². The molecule has 1 aliphatic rings. The largest absolute Gasteiger partial charge is 0.486 e. The van der Waals surface area contributed by atoms with Gasteiger partial charge in [-0.1, -0.05) is 6.07 Å². The van der Waals surface area contributed by atoms with Gasteiger partial charge in [0.1, 0.15) is 13.2 Å². The number of nitrogens with zero attached hydrogens (tertiary/aromatic N) is 1. The highest BCUT2D eigenvalue weighted by atomic mass is 16.6. The topological polar surface area (TPSA) is 47.7 Å². The van der Waals surface area contributed by atoms with Crippen LogP contribution in [0, 0.1) is 5.92 Å². The molecule has 0 aromatic heterocycles. The molecule has 1 aromatic carbocycles. The summed E-state index contributed by atoms with van der Waals surface area (Å²) in [6.45, 7) is 2.98. The molecule has 0 saturated carbocycles. The van der Waals surface area contributed by atoms with Crippen LogP contribution in [0.3, 0.4) is 0 Å². The van der Waals surface area contributed by atoms with Crippen LogP contribution in [0.2, 0.25) is 0 Å². The zero-order chi connectivity index (χ0) is 13.0. The number of fused-ring (bicyclic) bond motifs is 1. The summed E-state index contributed by atoms with van der Waals surface area (Å²) in [4.78, 5) is 2.18. The minimum Gasteiger partial charge on any atom is -0.486 e. The summed E-state index contributed by atoms with van der Waals surface area (Å²) in [5.41, 5.74) is 7.08. The fourth-order valence-corrected chi connectivity index (χ4v) is 2.29. The molecule has 0 spiro atoms. The molecule has 1 heterocycles. The maximum Gasteiger partial charge on any atom is 0.161 e. The molecular weight excluding hydrogens is 228 g/mol. The monoisotopic (exact) mass is 250 g/mol. The zero-order valence-corrected chi connectivity index (χ0v) is 11.2. The Morgan fingerprint density at radius 1 is 1.22 bits per heavy atom. The van der Waals surface area contributed by atoms with Gasteiger partial charge in [0.05, 0.1) is 0 Å². The lowest BCUT2D eigenvalue weighted by Gasteiger charge is -2.22. The molecule has 100 valence electrons. The Kier molecular flexibility index (Phi) is 4.44. The molecule has 0 bridgehead atoms. The molecule has 0 saturated heterocycles. The number of ether oxygens (including phenoxy) is 2. The van der Waals surface area contributed by atoms with Crippen molar-refractivity contribution in [1.29, 1.82) is 0 Å². The van der Waals surface area contributed by atoms with E-state index in [2.05, 4.69) is 31.1 Å². The van der Waals surface area contributed by atoms with Crippen LogP contribution in [-0.2, 0) is 6.42 Å². The van der Waals surface area contributed by atoms with E-state index >= 15 is 0 Å². The third kappa shape index (κ3) is 3.37. The summed E-state index contributed by atoms with van der Waals surface area (Å²) in [6, 6.07) is 6.17. The average molecular weight is 250 g/mol. The van der Waals surface area contributed by atoms with Crippen molar-refractivity contribution < 1.29 is 9.47 Å². The molecule has 18 heavy (non-hydrogen) atoms. The van der Waals surface area contributed by atoms with Crippen molar-refractivity contribution >= 4 is 0 Å². The Labute approximate surface area is 109 Å². The molecule has 4 heteroatoms. The molecule has 1 aliphatic heterocycles. The van der Waals surface area contributed by atoms with Gasteiger partial charge in [0.25, 0.3) is 0 Å². The van der Waals surface area contributed by atoms with Gasteiger partial charge in [0, 0.05) is 6.54 Å². The fraction of sp³-hybridized carbons (Fsp3) is 0.571. The van der Waals surface area contributed by atoms with Crippen LogP contribution in [0.4, 0.5) is 0 Å². The molecule has 0 amide bonds. The highest BCUT2D eigenvalue weighted by molar-refractivity contribution is 5.43. The van der Waals surface area contributed by atoms with Crippen molar-refractivity contribution in [2.24, 2.45) is 11.7 Å². The first-order valence-electron chi connectivity index (χ1n) is 6.42. The van der Waals surface area contributed by atoms with Crippen molar-refractivity contribution in [3.63, 3.8) is 0 Å². The number of hydrogen-bond donors (Lipinski definition) is 1. The Bertz CT molecular complexity index is 393. The van der Waals surface area contributed by atoms with Crippen molar-refractivity contribution in [1.82, 2.24) is 4.90 Å². The van der Waals surface area contributed by atoms with Crippen molar-refractivity contribution in [3.05, 3.63) is 23.8 Å². The second-order valence-electron chi connectivity index (χ2n) is 5.05. The Morgan fingerprint density at radius 2 is 1.94 bits per heavy atom. The Morgan fingerprint density at radius 3 is 2.61 bits per heavy atom. The minimum absolute atomic E-state index is 0.475. The van der Waals surface area contributed by atoms with Gasteiger partial charge in [-0.25, -0.2) is 0 Å². The van der Waals surface area contributed by atoms with Crippen LogP contribution in [-0.4, -0.2) is 45.3 Å². The van der Waals surface area contributed by atoms with E-state index in [1.807, 2.05) is 6.07 Å². The van der Waals surface area contributed by atoms with Crippen LogP contribution < -0.4 is 15.2 Å². The highest BCUT2D eigenvalue weighted by Gasteiger charge is 2.14. The van der Waals surface area contributed by atoms with Gasteiger partial charge in [-0.15, -0.1) is 0 Å². The maximum absolute atomic E-state index is 5.82. The molecule has 0 aliphatic carbocycles. The average Bonchev–Trinajstić information content (AvgIpc) is 2.37. The lowest BCUT2D eigenvalue weighted by Crippen LogP contribution is -2.29. The first-order valence-corrected chi connectivity index (χ1v) is 6.42. The molecule has 1 unspecified atom stereocenters. The van der Waals surface area contributed by atoms with E-state index in [9.17, 15) is 0 Å². The van der Waals surface area contributed by atoms with E-state index < -0.39 is 0 Å². The van der Waals surface area contributed by atoms with Crippen molar-refractivity contribution in [2.45, 2.75) is 6.42 Å². The van der Waals surface area contributed by atoms with Gasteiger partial charge in [-0.05, 0) is 50.7 Å². The van der Waals surface area contributed by atoms with E-state index in [4.69, 9.17) is 15.2 Å². The number of benzene rings is 1. The highest BCUT2D eigenvalue weighted by Crippen LogP contribution is 2.31. The lowest BCUT2D eigenvalue weighted by atomic mass is 9.98. The predicted octanol–water partition coefficient (Wildman–Crippen LogP) is 1.14. The van der Waals surface area contributed by atoms with E-state index in [0.29, 0.717) is 25.7 Å². The minimum atomic E-state index is 0.475. The summed E-state index contributed by atoms with van der Waals surface area (Å²) in [5.74, 6) is 2.18. The normalized spacial score (nSPS) is 15.8. The fourth-order valence-electron chi connectivity index (χ4n) is 2.29. The number of hydrogen-bond acceptors (Lipinski definition) is 4. The summed E-state index contributed by atoms with van der Waals surface area (Å²) in [6.07, 6.45) is 0.978. The van der Waals surface area contributed by atoms with E-state index in [1.54, 1.807) is 0 Å². The number of nitrogens with two attached hydrogens (primary N) is 1. The van der Waals surface area contributed by atoms with Gasteiger partial charge in [0.15, 0.2) is 11.5 Å². The van der Waals surface area contributed by atoms with E-state index in [0.717, 1.165) is 24.5 Å². The summed E-state index contributed by atoms with van der Waals surface area (Å²) >= 11 is 0. The molecule has 0 radical (unpaired) electrons. The van der Waals surface area contributed by atoms with Crippen LogP contribution >= 0.6 is 0 Å². The van der Waals surface area contributed by atoms with Gasteiger partial charge in [-0.3, -0.25) is 0 Å². The van der Waals surface area contributed by atoms with Crippen LogP contribution in [0.15, 0.2) is 18.2 Å². The van der Waals surface area contributed by atoms with Gasteiger partial charge in [0.2, 0.25) is 0 Å². The standard InChI is InChI=1S/C14H22N2O2/c1-16(2)10-12(9-15)7-11-3-4-13-14(8-11)18-6-5-17-13/h3-4,8,12H,5-7,9-10,15H2,1-2H3. The van der Waals surface area contributed by atoms with Crippen LogP contribution in [0.1, 0.15) is 5.56 Å². The Balaban J connectivity index is 2.04. The quantitative estimate of drug-likeness (QED) is 0.851. The summed E-state index contributed by atoms with van der Waals surface area (Å²) < 4.78 is 11.1. The zero-order valence-electron chi connectivity index (χ0n) is 11.2. The number of rotatable bonds is 5. The molecule has 4 nitrogen and oxygen atoms in total. The second kappa shape index (κ2) is 6.07. The van der Waals surface area contributed by atoms with Crippen LogP contribution in [0.5, 0.6) is 11.5 Å². The van der Waals surface area contributed by atoms with Crippen molar-refractivity contribution in [2.75, 3.05) is 40.4 Å². The molecule has 1 atom stereocenters.